The minimum absolute atomic E-state index is 0.338. The molecule has 1 aromatic rings. The van der Waals surface area contributed by atoms with Crippen molar-refractivity contribution in [3.8, 4) is 0 Å². The standard InChI is InChI=1S/C13H22N2O/c14-10-13(6-2-1-3-7-13)11-15-9-12-5-4-8-16-12/h4-5,8,15H,1-3,6-7,9-11,14H2. The van der Waals surface area contributed by atoms with Crippen molar-refractivity contribution in [3.05, 3.63) is 24.2 Å². The van der Waals surface area contributed by atoms with Crippen molar-refractivity contribution < 1.29 is 4.42 Å². The first-order valence-electron chi connectivity index (χ1n) is 6.28. The van der Waals surface area contributed by atoms with Crippen LogP contribution in [0.5, 0.6) is 0 Å². The lowest BCUT2D eigenvalue weighted by atomic mass is 9.74. The molecule has 0 spiro atoms. The summed E-state index contributed by atoms with van der Waals surface area (Å²) in [7, 11) is 0. The second-order valence-corrected chi connectivity index (χ2v) is 4.95. The van der Waals surface area contributed by atoms with Gasteiger partial charge < -0.3 is 15.5 Å². The number of nitrogens with two attached hydrogens (primary N) is 1. The molecule has 1 aromatic heterocycles. The summed E-state index contributed by atoms with van der Waals surface area (Å²) in [6, 6.07) is 3.93. The van der Waals surface area contributed by atoms with E-state index in [1.54, 1.807) is 6.26 Å². The van der Waals surface area contributed by atoms with Crippen LogP contribution in [-0.4, -0.2) is 13.1 Å². The second kappa shape index (κ2) is 5.51. The minimum Gasteiger partial charge on any atom is -0.468 e. The van der Waals surface area contributed by atoms with Crippen molar-refractivity contribution in [1.82, 2.24) is 5.32 Å². The topological polar surface area (TPSA) is 51.2 Å². The molecule has 0 atom stereocenters. The van der Waals surface area contributed by atoms with Gasteiger partial charge in [0, 0.05) is 6.54 Å². The zero-order chi connectivity index (χ0) is 11.3. The highest BCUT2D eigenvalue weighted by atomic mass is 16.3. The van der Waals surface area contributed by atoms with E-state index in [1.807, 2.05) is 12.1 Å². The summed E-state index contributed by atoms with van der Waals surface area (Å²) in [4.78, 5) is 0. The fourth-order valence-corrected chi connectivity index (χ4v) is 2.62. The lowest BCUT2D eigenvalue weighted by Gasteiger charge is -2.36. The molecule has 3 N–H and O–H groups in total. The van der Waals surface area contributed by atoms with Gasteiger partial charge in [-0.1, -0.05) is 19.3 Å². The highest BCUT2D eigenvalue weighted by Crippen LogP contribution is 2.34. The van der Waals surface area contributed by atoms with Gasteiger partial charge in [0.2, 0.25) is 0 Å². The third-order valence-corrected chi connectivity index (χ3v) is 3.73. The van der Waals surface area contributed by atoms with E-state index in [4.69, 9.17) is 10.2 Å². The van der Waals surface area contributed by atoms with Crippen molar-refractivity contribution in [1.29, 1.82) is 0 Å². The Morgan fingerprint density at radius 3 is 2.75 bits per heavy atom. The number of hydrogen-bond donors (Lipinski definition) is 2. The van der Waals surface area contributed by atoms with E-state index in [2.05, 4.69) is 5.32 Å². The Morgan fingerprint density at radius 2 is 2.12 bits per heavy atom. The summed E-state index contributed by atoms with van der Waals surface area (Å²) >= 11 is 0. The van der Waals surface area contributed by atoms with E-state index in [0.717, 1.165) is 25.4 Å². The predicted molar refractivity (Wildman–Crippen MR) is 65.0 cm³/mol. The highest BCUT2D eigenvalue weighted by Gasteiger charge is 2.29. The zero-order valence-corrected chi connectivity index (χ0v) is 9.87. The van der Waals surface area contributed by atoms with Gasteiger partial charge in [-0.2, -0.15) is 0 Å². The van der Waals surface area contributed by atoms with Crippen LogP contribution in [0.1, 0.15) is 37.9 Å². The third-order valence-electron chi connectivity index (χ3n) is 3.73. The van der Waals surface area contributed by atoms with Gasteiger partial charge >= 0.3 is 0 Å². The lowest BCUT2D eigenvalue weighted by Crippen LogP contribution is -2.41. The zero-order valence-electron chi connectivity index (χ0n) is 9.87. The Balaban J connectivity index is 1.78. The molecule has 1 aliphatic rings. The number of nitrogens with one attached hydrogen (secondary N) is 1. The summed E-state index contributed by atoms with van der Waals surface area (Å²) in [6.45, 7) is 2.64. The summed E-state index contributed by atoms with van der Waals surface area (Å²) in [5.74, 6) is 1.00. The van der Waals surface area contributed by atoms with Gasteiger partial charge in [-0.3, -0.25) is 0 Å². The van der Waals surface area contributed by atoms with Crippen molar-refractivity contribution in [3.63, 3.8) is 0 Å². The molecule has 0 radical (unpaired) electrons. The van der Waals surface area contributed by atoms with Crippen molar-refractivity contribution in [2.75, 3.05) is 13.1 Å². The maximum absolute atomic E-state index is 5.93. The fraction of sp³-hybridized carbons (Fsp3) is 0.692. The van der Waals surface area contributed by atoms with Crippen molar-refractivity contribution >= 4 is 0 Å². The largest absolute Gasteiger partial charge is 0.468 e. The average Bonchev–Trinajstić information content (AvgIpc) is 2.83. The lowest BCUT2D eigenvalue weighted by molar-refractivity contribution is 0.189. The average molecular weight is 222 g/mol. The smallest absolute Gasteiger partial charge is 0.117 e. The summed E-state index contributed by atoms with van der Waals surface area (Å²) in [6.07, 6.45) is 8.30. The first-order valence-corrected chi connectivity index (χ1v) is 6.28. The van der Waals surface area contributed by atoms with Gasteiger partial charge in [-0.15, -0.1) is 0 Å². The molecular formula is C13H22N2O. The van der Waals surface area contributed by atoms with E-state index in [9.17, 15) is 0 Å². The normalized spacial score (nSPS) is 19.8. The van der Waals surface area contributed by atoms with Gasteiger partial charge in [-0.05, 0) is 36.9 Å². The van der Waals surface area contributed by atoms with Gasteiger partial charge in [0.1, 0.15) is 5.76 Å². The van der Waals surface area contributed by atoms with E-state index in [1.165, 1.54) is 32.1 Å². The molecule has 0 unspecified atom stereocenters. The molecule has 1 fully saturated rings. The molecule has 0 aromatic carbocycles. The molecule has 16 heavy (non-hydrogen) atoms. The number of hydrogen-bond acceptors (Lipinski definition) is 3. The highest BCUT2D eigenvalue weighted by molar-refractivity contribution is 4.98. The fourth-order valence-electron chi connectivity index (χ4n) is 2.62. The van der Waals surface area contributed by atoms with Crippen LogP contribution in [0.25, 0.3) is 0 Å². The molecule has 0 bridgehead atoms. The van der Waals surface area contributed by atoms with Crippen molar-refractivity contribution in [2.45, 2.75) is 38.6 Å². The minimum atomic E-state index is 0.338. The number of furan rings is 1. The predicted octanol–water partition coefficient (Wildman–Crippen LogP) is 2.28. The van der Waals surface area contributed by atoms with Crippen LogP contribution in [0, 0.1) is 5.41 Å². The van der Waals surface area contributed by atoms with Crippen LogP contribution in [-0.2, 0) is 6.54 Å². The summed E-state index contributed by atoms with van der Waals surface area (Å²) in [5, 5.41) is 3.48. The second-order valence-electron chi connectivity index (χ2n) is 4.95. The van der Waals surface area contributed by atoms with E-state index < -0.39 is 0 Å². The maximum atomic E-state index is 5.93. The molecule has 0 amide bonds. The van der Waals surface area contributed by atoms with E-state index in [-0.39, 0.29) is 0 Å². The molecule has 90 valence electrons. The van der Waals surface area contributed by atoms with Crippen LogP contribution < -0.4 is 11.1 Å². The molecule has 1 heterocycles. The van der Waals surface area contributed by atoms with Crippen LogP contribution in [0.3, 0.4) is 0 Å². The molecule has 0 saturated heterocycles. The van der Waals surface area contributed by atoms with E-state index in [0.29, 0.717) is 5.41 Å². The summed E-state index contributed by atoms with van der Waals surface area (Å²) in [5.41, 5.74) is 6.27. The number of rotatable bonds is 5. The summed E-state index contributed by atoms with van der Waals surface area (Å²) < 4.78 is 5.30. The Hall–Kier alpha value is -0.800. The van der Waals surface area contributed by atoms with Crippen LogP contribution >= 0.6 is 0 Å². The molecule has 1 saturated carbocycles. The Kier molecular flexibility index (Phi) is 4.02. The SMILES string of the molecule is NCC1(CNCc2ccco2)CCCCC1. The Labute approximate surface area is 97.4 Å². The Morgan fingerprint density at radius 1 is 1.31 bits per heavy atom. The quantitative estimate of drug-likeness (QED) is 0.803. The van der Waals surface area contributed by atoms with Gasteiger partial charge in [0.05, 0.1) is 12.8 Å². The molecule has 0 aliphatic heterocycles. The molecule has 1 aliphatic carbocycles. The maximum Gasteiger partial charge on any atom is 0.117 e. The van der Waals surface area contributed by atoms with Gasteiger partial charge in [-0.25, -0.2) is 0 Å². The van der Waals surface area contributed by atoms with E-state index >= 15 is 0 Å². The molecule has 3 heteroatoms. The third kappa shape index (κ3) is 2.86. The molecule has 2 rings (SSSR count). The Bertz CT molecular complexity index is 289. The van der Waals surface area contributed by atoms with Crippen LogP contribution in [0.15, 0.2) is 22.8 Å². The van der Waals surface area contributed by atoms with Crippen LogP contribution in [0.4, 0.5) is 0 Å². The van der Waals surface area contributed by atoms with Crippen LogP contribution in [0.2, 0.25) is 0 Å². The van der Waals surface area contributed by atoms with Crippen molar-refractivity contribution in [2.24, 2.45) is 11.1 Å². The van der Waals surface area contributed by atoms with Gasteiger partial charge in [0.25, 0.3) is 0 Å². The van der Waals surface area contributed by atoms with Gasteiger partial charge in [0.15, 0.2) is 0 Å². The molecular weight excluding hydrogens is 200 g/mol. The monoisotopic (exact) mass is 222 g/mol. The first-order chi connectivity index (χ1) is 7.85. The first kappa shape index (κ1) is 11.7. The molecule has 3 nitrogen and oxygen atoms in total.